The normalized spacial score (nSPS) is 11.8. The molecule has 0 saturated carbocycles. The predicted molar refractivity (Wildman–Crippen MR) is 71.3 cm³/mol. The molecule has 1 rings (SSSR count). The number of unbranched alkanes of at least 4 members (excludes halogenated alkanes) is 2. The first-order valence-electron chi connectivity index (χ1n) is 5.68. The lowest BCUT2D eigenvalue weighted by atomic mass is 10.1. The van der Waals surface area contributed by atoms with Crippen molar-refractivity contribution in [1.82, 2.24) is 0 Å². The van der Waals surface area contributed by atoms with Gasteiger partial charge < -0.3 is 5.32 Å². The summed E-state index contributed by atoms with van der Waals surface area (Å²) in [6.07, 6.45) is 4.41. The summed E-state index contributed by atoms with van der Waals surface area (Å²) in [7, 11) is 0. The van der Waals surface area contributed by atoms with Gasteiger partial charge in [-0.3, -0.25) is 0 Å². The molecule has 0 aliphatic rings. The van der Waals surface area contributed by atoms with E-state index >= 15 is 0 Å². The van der Waals surface area contributed by atoms with Crippen molar-refractivity contribution in [3.05, 3.63) is 28.7 Å². The van der Waals surface area contributed by atoms with E-state index in [0.717, 1.165) is 23.0 Å². The minimum atomic E-state index is -0.0762. The molecule has 0 aliphatic carbocycles. The molecule has 1 aromatic rings. The van der Waals surface area contributed by atoms with Crippen LogP contribution in [-0.4, -0.2) is 6.04 Å². The van der Waals surface area contributed by atoms with Crippen molar-refractivity contribution in [2.24, 2.45) is 0 Å². The van der Waals surface area contributed by atoms with Crippen molar-refractivity contribution in [2.75, 3.05) is 5.32 Å². The molecular weight excluding hydrogens is 264 g/mol. The topological polar surface area (TPSA) is 35.8 Å². The highest BCUT2D eigenvalue weighted by molar-refractivity contribution is 9.10. The highest BCUT2D eigenvalue weighted by Gasteiger charge is 2.05. The molecule has 0 fully saturated rings. The minimum absolute atomic E-state index is 0.0762. The second-order valence-corrected chi connectivity index (χ2v) is 4.74. The summed E-state index contributed by atoms with van der Waals surface area (Å²) in [5, 5.41) is 12.3. The van der Waals surface area contributed by atoms with Crippen molar-refractivity contribution in [3.63, 3.8) is 0 Å². The van der Waals surface area contributed by atoms with Gasteiger partial charge in [-0.2, -0.15) is 5.26 Å². The van der Waals surface area contributed by atoms with Crippen molar-refractivity contribution in [3.8, 4) is 6.07 Å². The number of nitrogens with one attached hydrogen (secondary N) is 1. The summed E-state index contributed by atoms with van der Waals surface area (Å²) < 4.78 is 1.05. The zero-order valence-electron chi connectivity index (χ0n) is 9.54. The molecule has 0 aromatic heterocycles. The van der Waals surface area contributed by atoms with E-state index in [1.165, 1.54) is 12.8 Å². The van der Waals surface area contributed by atoms with E-state index in [-0.39, 0.29) is 6.04 Å². The Labute approximate surface area is 106 Å². The molecule has 0 aliphatic heterocycles. The largest absolute Gasteiger partial charge is 0.370 e. The van der Waals surface area contributed by atoms with Crippen LogP contribution in [0.3, 0.4) is 0 Å². The van der Waals surface area contributed by atoms with Crippen molar-refractivity contribution in [1.29, 1.82) is 5.26 Å². The fourth-order valence-electron chi connectivity index (χ4n) is 1.51. The van der Waals surface area contributed by atoms with E-state index in [9.17, 15) is 0 Å². The van der Waals surface area contributed by atoms with E-state index < -0.39 is 0 Å². The molecule has 2 nitrogen and oxygen atoms in total. The van der Waals surface area contributed by atoms with E-state index in [4.69, 9.17) is 5.26 Å². The van der Waals surface area contributed by atoms with Crippen LogP contribution in [-0.2, 0) is 0 Å². The number of nitrogens with zero attached hydrogens (tertiary/aromatic N) is 1. The van der Waals surface area contributed by atoms with Crippen molar-refractivity contribution >= 4 is 21.6 Å². The monoisotopic (exact) mass is 280 g/mol. The number of rotatable bonds is 6. The fraction of sp³-hybridized carbons (Fsp3) is 0.462. The van der Waals surface area contributed by atoms with Crippen molar-refractivity contribution in [2.45, 2.75) is 38.6 Å². The zero-order valence-corrected chi connectivity index (χ0v) is 11.1. The first-order chi connectivity index (χ1) is 7.76. The van der Waals surface area contributed by atoms with Crippen LogP contribution in [0, 0.1) is 11.3 Å². The Bertz CT molecular complexity index is 340. The predicted octanol–water partition coefficient (Wildman–Crippen LogP) is 4.33. The van der Waals surface area contributed by atoms with Crippen LogP contribution in [0.5, 0.6) is 0 Å². The maximum absolute atomic E-state index is 9.02. The third-order valence-electron chi connectivity index (χ3n) is 2.44. The molecular formula is C13H17BrN2. The smallest absolute Gasteiger partial charge is 0.114 e. The number of halogens is 1. The Morgan fingerprint density at radius 1 is 1.31 bits per heavy atom. The first kappa shape index (κ1) is 13.1. The Hall–Kier alpha value is -1.01. The summed E-state index contributed by atoms with van der Waals surface area (Å²) >= 11 is 3.39. The number of anilines is 1. The molecule has 0 heterocycles. The summed E-state index contributed by atoms with van der Waals surface area (Å²) in [6, 6.07) is 10.1. The third kappa shape index (κ3) is 4.67. The van der Waals surface area contributed by atoms with Crippen LogP contribution in [0.2, 0.25) is 0 Å². The third-order valence-corrected chi connectivity index (χ3v) is 2.97. The molecule has 3 heteroatoms. The Morgan fingerprint density at radius 2 is 2.00 bits per heavy atom. The number of benzene rings is 1. The summed E-state index contributed by atoms with van der Waals surface area (Å²) in [5.41, 5.74) is 1.01. The molecule has 1 aromatic carbocycles. The summed E-state index contributed by atoms with van der Waals surface area (Å²) in [6.45, 7) is 2.17. The van der Waals surface area contributed by atoms with Gasteiger partial charge in [-0.25, -0.2) is 0 Å². The van der Waals surface area contributed by atoms with Gasteiger partial charge in [0.25, 0.3) is 0 Å². The molecule has 1 atom stereocenters. The molecule has 0 saturated heterocycles. The quantitative estimate of drug-likeness (QED) is 0.787. The highest BCUT2D eigenvalue weighted by Crippen LogP contribution is 2.16. The molecule has 86 valence electrons. The lowest BCUT2D eigenvalue weighted by Gasteiger charge is -2.12. The van der Waals surface area contributed by atoms with Crippen LogP contribution < -0.4 is 5.32 Å². The second-order valence-electron chi connectivity index (χ2n) is 3.83. The lowest BCUT2D eigenvalue weighted by molar-refractivity contribution is 0.646. The standard InChI is InChI=1S/C13H17BrN2/c1-2-3-4-5-13(10-15)16-12-8-6-11(14)7-9-12/h6-9,13,16H,2-5H2,1H3. The Balaban J connectivity index is 2.44. The first-order valence-corrected chi connectivity index (χ1v) is 6.47. The van der Waals surface area contributed by atoms with Gasteiger partial charge in [-0.05, 0) is 30.7 Å². The molecule has 1 unspecified atom stereocenters. The molecule has 1 N–H and O–H groups in total. The van der Waals surface area contributed by atoms with Gasteiger partial charge in [0, 0.05) is 10.2 Å². The Kier molecular flexibility index (Phi) is 5.95. The lowest BCUT2D eigenvalue weighted by Crippen LogP contribution is -2.16. The molecule has 0 radical (unpaired) electrons. The van der Waals surface area contributed by atoms with Gasteiger partial charge in [0.05, 0.1) is 6.07 Å². The highest BCUT2D eigenvalue weighted by atomic mass is 79.9. The van der Waals surface area contributed by atoms with Crippen LogP contribution in [0.25, 0.3) is 0 Å². The molecule has 0 amide bonds. The van der Waals surface area contributed by atoms with Crippen LogP contribution in [0.15, 0.2) is 28.7 Å². The minimum Gasteiger partial charge on any atom is -0.370 e. The van der Waals surface area contributed by atoms with Crippen LogP contribution >= 0.6 is 15.9 Å². The molecule has 16 heavy (non-hydrogen) atoms. The molecule has 0 spiro atoms. The number of hydrogen-bond donors (Lipinski definition) is 1. The fourth-order valence-corrected chi connectivity index (χ4v) is 1.78. The van der Waals surface area contributed by atoms with Gasteiger partial charge in [0.1, 0.15) is 6.04 Å². The van der Waals surface area contributed by atoms with Crippen LogP contribution in [0.4, 0.5) is 5.69 Å². The number of hydrogen-bond acceptors (Lipinski definition) is 2. The summed E-state index contributed by atoms with van der Waals surface area (Å²) in [4.78, 5) is 0. The van der Waals surface area contributed by atoms with Gasteiger partial charge in [-0.1, -0.05) is 42.1 Å². The van der Waals surface area contributed by atoms with E-state index in [1.54, 1.807) is 0 Å². The molecule has 0 bridgehead atoms. The van der Waals surface area contributed by atoms with Gasteiger partial charge in [-0.15, -0.1) is 0 Å². The zero-order chi connectivity index (χ0) is 11.8. The maximum Gasteiger partial charge on any atom is 0.114 e. The van der Waals surface area contributed by atoms with Gasteiger partial charge >= 0.3 is 0 Å². The second kappa shape index (κ2) is 7.29. The average molecular weight is 281 g/mol. The number of nitriles is 1. The average Bonchev–Trinajstić information content (AvgIpc) is 2.31. The van der Waals surface area contributed by atoms with E-state index in [0.29, 0.717) is 0 Å². The van der Waals surface area contributed by atoms with Gasteiger partial charge in [0.15, 0.2) is 0 Å². The SMILES string of the molecule is CCCCCC(C#N)Nc1ccc(Br)cc1. The summed E-state index contributed by atoms with van der Waals surface area (Å²) in [5.74, 6) is 0. The van der Waals surface area contributed by atoms with Crippen LogP contribution in [0.1, 0.15) is 32.6 Å². The Morgan fingerprint density at radius 3 is 2.56 bits per heavy atom. The van der Waals surface area contributed by atoms with Gasteiger partial charge in [0.2, 0.25) is 0 Å². The van der Waals surface area contributed by atoms with E-state index in [1.807, 2.05) is 24.3 Å². The van der Waals surface area contributed by atoms with E-state index in [2.05, 4.69) is 34.2 Å². The maximum atomic E-state index is 9.02. The van der Waals surface area contributed by atoms with Crippen molar-refractivity contribution < 1.29 is 0 Å².